The molecule has 0 bridgehead atoms. The molecule has 25 heavy (non-hydrogen) atoms. The standard InChI is InChI=1S/C22H24N2S/c1-23(2)15-18(16-24(3)4)20-14-22(17-10-6-5-7-11-17)25-21-13-9-8-12-19(20)21/h5-16H,1-4H3/q+2. The SMILES string of the molecule is C[N+](C)=CC(C=[N+](C)C)=C1C=C(c2ccccc2)Sc2ccccc21. The lowest BCUT2D eigenvalue weighted by atomic mass is 9.98. The fourth-order valence-electron chi connectivity index (χ4n) is 2.85. The van der Waals surface area contributed by atoms with Crippen molar-refractivity contribution in [1.82, 2.24) is 0 Å². The quantitative estimate of drug-likeness (QED) is 0.593. The lowest BCUT2D eigenvalue weighted by molar-refractivity contribution is -0.462. The van der Waals surface area contributed by atoms with Gasteiger partial charge in [-0.15, -0.1) is 0 Å². The van der Waals surface area contributed by atoms with Crippen molar-refractivity contribution in [3.8, 4) is 0 Å². The molecule has 3 rings (SSSR count). The third kappa shape index (κ3) is 4.18. The van der Waals surface area contributed by atoms with E-state index < -0.39 is 0 Å². The molecule has 1 aliphatic rings. The number of fused-ring (bicyclic) bond motifs is 1. The van der Waals surface area contributed by atoms with Crippen molar-refractivity contribution in [2.75, 3.05) is 28.2 Å². The third-order valence-electron chi connectivity index (χ3n) is 3.84. The van der Waals surface area contributed by atoms with E-state index in [1.54, 1.807) is 0 Å². The average Bonchev–Trinajstić information content (AvgIpc) is 2.60. The Balaban J connectivity index is 2.27. The van der Waals surface area contributed by atoms with Gasteiger partial charge in [0.05, 0.1) is 0 Å². The van der Waals surface area contributed by atoms with Gasteiger partial charge in [-0.05, 0) is 23.3 Å². The predicted octanol–water partition coefficient (Wildman–Crippen LogP) is 4.27. The van der Waals surface area contributed by atoms with Crippen molar-refractivity contribution in [3.05, 3.63) is 77.4 Å². The monoisotopic (exact) mass is 348 g/mol. The van der Waals surface area contributed by atoms with Gasteiger partial charge in [0.1, 0.15) is 33.8 Å². The summed E-state index contributed by atoms with van der Waals surface area (Å²) in [6.45, 7) is 0. The largest absolute Gasteiger partial charge is 0.241 e. The molecule has 3 heteroatoms. The van der Waals surface area contributed by atoms with Crippen molar-refractivity contribution in [3.63, 3.8) is 0 Å². The molecule has 1 heterocycles. The minimum absolute atomic E-state index is 1.20. The van der Waals surface area contributed by atoms with Crippen LogP contribution in [0, 0.1) is 0 Å². The Morgan fingerprint density at radius 2 is 1.40 bits per heavy atom. The minimum atomic E-state index is 1.20. The second kappa shape index (κ2) is 7.66. The molecule has 1 aliphatic heterocycles. The smallest absolute Gasteiger partial charge is 0.176 e. The van der Waals surface area contributed by atoms with Crippen LogP contribution >= 0.6 is 11.8 Å². The van der Waals surface area contributed by atoms with Crippen LogP contribution in [-0.4, -0.2) is 49.8 Å². The van der Waals surface area contributed by atoms with Crippen molar-refractivity contribution < 1.29 is 9.15 Å². The Hall–Kier alpha value is -2.39. The van der Waals surface area contributed by atoms with Crippen molar-refractivity contribution >= 4 is 34.7 Å². The van der Waals surface area contributed by atoms with Gasteiger partial charge in [0.25, 0.3) is 0 Å². The molecule has 126 valence electrons. The van der Waals surface area contributed by atoms with Gasteiger partial charge < -0.3 is 0 Å². The second-order valence-corrected chi connectivity index (χ2v) is 7.61. The fraction of sp³-hybridized carbons (Fsp3) is 0.182. The molecular weight excluding hydrogens is 324 g/mol. The zero-order chi connectivity index (χ0) is 17.8. The minimum Gasteiger partial charge on any atom is -0.241 e. The molecule has 0 aromatic heterocycles. The first-order valence-corrected chi connectivity index (χ1v) is 9.17. The second-order valence-electron chi connectivity index (χ2n) is 6.53. The summed E-state index contributed by atoms with van der Waals surface area (Å²) in [5, 5.41) is 0. The summed E-state index contributed by atoms with van der Waals surface area (Å²) in [6.07, 6.45) is 6.68. The number of allylic oxidation sites excluding steroid dienone is 3. The molecule has 2 aromatic rings. The lowest BCUT2D eigenvalue weighted by Crippen LogP contribution is -2.10. The van der Waals surface area contributed by atoms with Crippen LogP contribution in [0.5, 0.6) is 0 Å². The van der Waals surface area contributed by atoms with Crippen LogP contribution in [0.15, 0.2) is 71.1 Å². The summed E-state index contributed by atoms with van der Waals surface area (Å²) in [5.74, 6) is 0. The molecule has 0 N–H and O–H groups in total. The molecule has 2 nitrogen and oxygen atoms in total. The first-order chi connectivity index (χ1) is 12.0. The van der Waals surface area contributed by atoms with Gasteiger partial charge in [-0.25, -0.2) is 9.15 Å². The van der Waals surface area contributed by atoms with Gasteiger partial charge >= 0.3 is 0 Å². The molecule has 0 saturated carbocycles. The van der Waals surface area contributed by atoms with Crippen molar-refractivity contribution in [2.24, 2.45) is 0 Å². The van der Waals surface area contributed by atoms with Crippen LogP contribution in [0.25, 0.3) is 10.5 Å². The highest BCUT2D eigenvalue weighted by Gasteiger charge is 2.20. The summed E-state index contributed by atoms with van der Waals surface area (Å²) in [4.78, 5) is 2.58. The van der Waals surface area contributed by atoms with E-state index in [4.69, 9.17) is 0 Å². The van der Waals surface area contributed by atoms with Gasteiger partial charge in [-0.1, -0.05) is 60.3 Å². The van der Waals surface area contributed by atoms with E-state index in [1.807, 2.05) is 11.8 Å². The molecule has 0 unspecified atom stereocenters. The van der Waals surface area contributed by atoms with E-state index in [2.05, 4.69) is 110 Å². The maximum atomic E-state index is 2.32. The highest BCUT2D eigenvalue weighted by Crippen LogP contribution is 2.45. The highest BCUT2D eigenvalue weighted by atomic mass is 32.2. The Morgan fingerprint density at radius 1 is 0.800 bits per heavy atom. The average molecular weight is 349 g/mol. The zero-order valence-corrected chi connectivity index (χ0v) is 16.0. The number of benzene rings is 2. The van der Waals surface area contributed by atoms with Crippen LogP contribution in [0.1, 0.15) is 11.1 Å². The molecule has 0 fully saturated rings. The number of thioether (sulfide) groups is 1. The summed E-state index contributed by atoms with van der Waals surface area (Å²) >= 11 is 1.84. The van der Waals surface area contributed by atoms with Crippen LogP contribution in [0.3, 0.4) is 0 Å². The van der Waals surface area contributed by atoms with Crippen LogP contribution < -0.4 is 0 Å². The van der Waals surface area contributed by atoms with Gasteiger partial charge in [0.15, 0.2) is 12.4 Å². The highest BCUT2D eigenvalue weighted by molar-refractivity contribution is 8.08. The maximum Gasteiger partial charge on any atom is 0.176 e. The van der Waals surface area contributed by atoms with E-state index in [0.717, 1.165) is 0 Å². The van der Waals surface area contributed by atoms with Crippen LogP contribution in [-0.2, 0) is 0 Å². The van der Waals surface area contributed by atoms with Gasteiger partial charge in [-0.2, -0.15) is 0 Å². The topological polar surface area (TPSA) is 6.02 Å². The Bertz CT molecular complexity index is 875. The zero-order valence-electron chi connectivity index (χ0n) is 15.2. The molecule has 0 atom stereocenters. The van der Waals surface area contributed by atoms with Gasteiger partial charge in [-0.3, -0.25) is 0 Å². The fourth-order valence-corrected chi connectivity index (χ4v) is 3.95. The third-order valence-corrected chi connectivity index (χ3v) is 4.99. The van der Waals surface area contributed by atoms with Crippen LogP contribution in [0.4, 0.5) is 0 Å². The first kappa shape index (κ1) is 17.4. The molecule has 2 aromatic carbocycles. The Labute approximate surface area is 154 Å². The number of nitrogens with zero attached hydrogens (tertiary/aromatic N) is 2. The lowest BCUT2D eigenvalue weighted by Gasteiger charge is -2.19. The van der Waals surface area contributed by atoms with E-state index in [-0.39, 0.29) is 0 Å². The summed E-state index contributed by atoms with van der Waals surface area (Å²) in [5.41, 5.74) is 5.01. The Morgan fingerprint density at radius 3 is 2.04 bits per heavy atom. The predicted molar refractivity (Wildman–Crippen MR) is 110 cm³/mol. The summed E-state index contributed by atoms with van der Waals surface area (Å²) < 4.78 is 4.20. The normalized spacial score (nSPS) is 12.8. The Kier molecular flexibility index (Phi) is 5.34. The van der Waals surface area contributed by atoms with E-state index in [0.29, 0.717) is 0 Å². The van der Waals surface area contributed by atoms with Gasteiger partial charge in [0.2, 0.25) is 0 Å². The first-order valence-electron chi connectivity index (χ1n) is 8.36. The van der Waals surface area contributed by atoms with E-state index in [9.17, 15) is 0 Å². The van der Waals surface area contributed by atoms with Crippen molar-refractivity contribution in [1.29, 1.82) is 0 Å². The van der Waals surface area contributed by atoms with Crippen molar-refractivity contribution in [2.45, 2.75) is 4.90 Å². The molecule has 0 radical (unpaired) electrons. The molecular formula is C22H24N2S+2. The summed E-state index contributed by atoms with van der Waals surface area (Å²) in [7, 11) is 8.26. The molecule has 0 amide bonds. The van der Waals surface area contributed by atoms with Gasteiger partial charge in [0, 0.05) is 15.4 Å². The molecule has 0 spiro atoms. The van der Waals surface area contributed by atoms with E-state index >= 15 is 0 Å². The summed E-state index contributed by atoms with van der Waals surface area (Å²) in [6, 6.07) is 19.3. The van der Waals surface area contributed by atoms with Crippen LogP contribution in [0.2, 0.25) is 0 Å². The number of rotatable bonds is 3. The number of hydrogen-bond acceptors (Lipinski definition) is 1. The van der Waals surface area contributed by atoms with E-state index in [1.165, 1.54) is 32.1 Å². The molecule has 0 aliphatic carbocycles. The maximum absolute atomic E-state index is 2.32. The number of hydrogen-bond donors (Lipinski definition) is 0. The molecule has 0 saturated heterocycles.